The minimum absolute atomic E-state index is 0.0728. The number of aliphatic hydroxyl groups excluding tert-OH is 1. The van der Waals surface area contributed by atoms with Gasteiger partial charge in [-0.3, -0.25) is 9.52 Å². The minimum Gasteiger partial charge on any atom is -0.490 e. The molecule has 2 aliphatic carbocycles. The number of aliphatic hydroxyl groups is 1. The molecular weight excluding hydrogens is 540 g/mol. The lowest BCUT2D eigenvalue weighted by atomic mass is 9.62. The fraction of sp³-hybridized carbons (Fsp3) is 0.545. The molecule has 2 heterocycles. The van der Waals surface area contributed by atoms with Gasteiger partial charge in [-0.15, -0.1) is 0 Å². The molecule has 1 amide bonds. The average molecular weight is 581 g/mol. The normalized spacial score (nSPS) is 34.9. The molecule has 0 saturated heterocycles. The summed E-state index contributed by atoms with van der Waals surface area (Å²) in [6.07, 6.45) is 8.79. The number of allylic oxidation sites excluding steroid dienone is 1. The van der Waals surface area contributed by atoms with Gasteiger partial charge in [0.1, 0.15) is 5.75 Å². The minimum atomic E-state index is -0.440. The van der Waals surface area contributed by atoms with Gasteiger partial charge < -0.3 is 14.7 Å². The highest BCUT2D eigenvalue weighted by Gasteiger charge is 2.46. The summed E-state index contributed by atoms with van der Waals surface area (Å²) < 4.78 is 9.71. The SMILES string of the molecule is CC1C/C=C/C(O)C2CC(C)C2CN2CC3(CCCc4cc(Cl)ccc43)COc3ccc(cc32)C(=O)NSC1C. The van der Waals surface area contributed by atoms with Gasteiger partial charge in [0.05, 0.1) is 18.4 Å². The van der Waals surface area contributed by atoms with Crippen molar-refractivity contribution in [3.63, 3.8) is 0 Å². The molecule has 6 rings (SSSR count). The number of nitrogens with zero attached hydrogens (tertiary/aromatic N) is 1. The lowest BCUT2D eigenvalue weighted by Gasteiger charge is -2.49. The number of amides is 1. The van der Waals surface area contributed by atoms with Crippen LogP contribution < -0.4 is 14.4 Å². The van der Waals surface area contributed by atoms with Crippen LogP contribution in [0.1, 0.15) is 67.9 Å². The van der Waals surface area contributed by atoms with Crippen molar-refractivity contribution in [1.82, 2.24) is 4.72 Å². The molecule has 40 heavy (non-hydrogen) atoms. The first-order chi connectivity index (χ1) is 19.2. The van der Waals surface area contributed by atoms with Crippen molar-refractivity contribution in [2.75, 3.05) is 24.6 Å². The van der Waals surface area contributed by atoms with Gasteiger partial charge in [-0.2, -0.15) is 0 Å². The molecule has 2 N–H and O–H groups in total. The Labute approximate surface area is 247 Å². The van der Waals surface area contributed by atoms with Crippen LogP contribution in [-0.4, -0.2) is 42.1 Å². The summed E-state index contributed by atoms with van der Waals surface area (Å²) in [7, 11) is 0. The van der Waals surface area contributed by atoms with E-state index in [1.54, 1.807) is 0 Å². The Morgan fingerprint density at radius 2 is 1.98 bits per heavy atom. The molecule has 214 valence electrons. The summed E-state index contributed by atoms with van der Waals surface area (Å²) in [5, 5.41) is 12.3. The number of carbonyl (C=O) groups is 1. The van der Waals surface area contributed by atoms with Crippen molar-refractivity contribution in [2.24, 2.45) is 23.7 Å². The van der Waals surface area contributed by atoms with Crippen molar-refractivity contribution in [3.8, 4) is 5.75 Å². The Balaban J connectivity index is 1.41. The van der Waals surface area contributed by atoms with Crippen LogP contribution in [0.2, 0.25) is 5.02 Å². The maximum Gasteiger partial charge on any atom is 0.261 e. The summed E-state index contributed by atoms with van der Waals surface area (Å²) in [5.74, 6) is 2.24. The Morgan fingerprint density at radius 1 is 1.12 bits per heavy atom. The van der Waals surface area contributed by atoms with Crippen molar-refractivity contribution >= 4 is 35.1 Å². The second-order valence-electron chi connectivity index (χ2n) is 12.7. The van der Waals surface area contributed by atoms with Crippen LogP contribution in [0.15, 0.2) is 48.6 Å². The van der Waals surface area contributed by atoms with E-state index >= 15 is 0 Å². The largest absolute Gasteiger partial charge is 0.490 e. The summed E-state index contributed by atoms with van der Waals surface area (Å²) in [6, 6.07) is 12.2. The zero-order chi connectivity index (χ0) is 28.0. The van der Waals surface area contributed by atoms with Crippen LogP contribution in [0.4, 0.5) is 5.69 Å². The third-order valence-corrected chi connectivity index (χ3v) is 11.4. The van der Waals surface area contributed by atoms with Crippen LogP contribution in [-0.2, 0) is 11.8 Å². The van der Waals surface area contributed by atoms with E-state index in [2.05, 4.69) is 48.6 Å². The van der Waals surface area contributed by atoms with E-state index in [0.29, 0.717) is 29.9 Å². The molecule has 7 unspecified atom stereocenters. The van der Waals surface area contributed by atoms with E-state index in [1.807, 2.05) is 30.3 Å². The quantitative estimate of drug-likeness (QED) is 0.265. The van der Waals surface area contributed by atoms with Crippen molar-refractivity contribution in [3.05, 3.63) is 70.3 Å². The molecule has 2 bridgehead atoms. The molecule has 2 aliphatic heterocycles. The number of hydrogen-bond donors (Lipinski definition) is 2. The van der Waals surface area contributed by atoms with E-state index in [1.165, 1.54) is 23.1 Å². The van der Waals surface area contributed by atoms with E-state index in [9.17, 15) is 9.90 Å². The van der Waals surface area contributed by atoms with Gasteiger partial charge >= 0.3 is 0 Å². The van der Waals surface area contributed by atoms with Gasteiger partial charge in [-0.25, -0.2) is 0 Å². The zero-order valence-electron chi connectivity index (χ0n) is 23.7. The molecule has 2 aromatic rings. The van der Waals surface area contributed by atoms with Crippen molar-refractivity contribution in [2.45, 2.75) is 69.6 Å². The topological polar surface area (TPSA) is 61.8 Å². The number of fused-ring (bicyclic) bond motifs is 4. The fourth-order valence-corrected chi connectivity index (χ4v) is 8.26. The van der Waals surface area contributed by atoms with E-state index in [4.69, 9.17) is 16.3 Å². The summed E-state index contributed by atoms with van der Waals surface area (Å²) in [6.45, 7) is 8.88. The fourth-order valence-electron chi connectivity index (χ4n) is 7.31. The third kappa shape index (κ3) is 5.28. The molecule has 0 radical (unpaired) electrons. The van der Waals surface area contributed by atoms with Crippen LogP contribution in [0.5, 0.6) is 5.75 Å². The highest BCUT2D eigenvalue weighted by atomic mass is 35.5. The van der Waals surface area contributed by atoms with Crippen molar-refractivity contribution < 1.29 is 14.6 Å². The predicted octanol–water partition coefficient (Wildman–Crippen LogP) is 6.81. The molecule has 5 nitrogen and oxygen atoms in total. The third-order valence-electron chi connectivity index (χ3n) is 10.1. The lowest BCUT2D eigenvalue weighted by Crippen LogP contribution is -2.52. The van der Waals surface area contributed by atoms with E-state index in [-0.39, 0.29) is 22.5 Å². The number of ether oxygens (including phenoxy) is 1. The second kappa shape index (κ2) is 11.3. The number of carbonyl (C=O) groups excluding carboxylic acids is 1. The first-order valence-electron chi connectivity index (χ1n) is 14.9. The molecule has 1 fully saturated rings. The number of aryl methyl sites for hydroxylation is 1. The van der Waals surface area contributed by atoms with Crippen LogP contribution in [0, 0.1) is 23.7 Å². The number of rotatable bonds is 0. The predicted molar refractivity (Wildman–Crippen MR) is 164 cm³/mol. The smallest absolute Gasteiger partial charge is 0.261 e. The number of benzene rings is 2. The van der Waals surface area contributed by atoms with E-state index < -0.39 is 6.10 Å². The van der Waals surface area contributed by atoms with Gasteiger partial charge in [-0.1, -0.05) is 50.6 Å². The number of hydrogen-bond acceptors (Lipinski definition) is 5. The molecule has 2 aromatic carbocycles. The average Bonchev–Trinajstić information content (AvgIpc) is 3.09. The van der Waals surface area contributed by atoms with E-state index in [0.717, 1.165) is 61.7 Å². The second-order valence-corrected chi connectivity index (χ2v) is 14.3. The maximum absolute atomic E-state index is 13.3. The molecule has 0 aromatic heterocycles. The Morgan fingerprint density at radius 3 is 2.80 bits per heavy atom. The first-order valence-corrected chi connectivity index (χ1v) is 16.1. The lowest BCUT2D eigenvalue weighted by molar-refractivity contribution is -0.000379. The number of anilines is 1. The summed E-state index contributed by atoms with van der Waals surface area (Å²) >= 11 is 7.89. The monoisotopic (exact) mass is 580 g/mol. The van der Waals surface area contributed by atoms with Crippen LogP contribution >= 0.6 is 23.5 Å². The Bertz CT molecular complexity index is 1300. The van der Waals surface area contributed by atoms with Gasteiger partial charge in [0, 0.05) is 34.3 Å². The Kier molecular flexibility index (Phi) is 7.88. The van der Waals surface area contributed by atoms with Gasteiger partial charge in [0.15, 0.2) is 0 Å². The zero-order valence-corrected chi connectivity index (χ0v) is 25.3. The number of nitrogens with one attached hydrogen (secondary N) is 1. The molecule has 7 heteroatoms. The summed E-state index contributed by atoms with van der Waals surface area (Å²) in [5.41, 5.74) is 4.12. The van der Waals surface area contributed by atoms with Gasteiger partial charge in [-0.05, 0) is 109 Å². The Hall–Kier alpha value is -2.15. The molecule has 4 aliphatic rings. The van der Waals surface area contributed by atoms with Gasteiger partial charge in [0.2, 0.25) is 0 Å². The van der Waals surface area contributed by atoms with Crippen LogP contribution in [0.3, 0.4) is 0 Å². The summed E-state index contributed by atoms with van der Waals surface area (Å²) in [4.78, 5) is 15.8. The van der Waals surface area contributed by atoms with Gasteiger partial charge in [0.25, 0.3) is 5.91 Å². The highest BCUT2D eigenvalue weighted by Crippen LogP contribution is 2.48. The van der Waals surface area contributed by atoms with Crippen LogP contribution in [0.25, 0.3) is 0 Å². The molecule has 1 spiro atoms. The maximum atomic E-state index is 13.3. The first kappa shape index (κ1) is 28.0. The molecule has 7 atom stereocenters. The standard InChI is InChI=1S/C33H41ClN2O3S/c1-20-6-4-8-30(37)26-14-21(2)27(26)17-36-18-33(13-5-7-23-15-25(34)10-11-28(23)33)19-39-31-12-9-24(16-29(31)36)32(38)35-40-22(20)3/h4,8-12,15-16,20-22,26-27,30,37H,5-7,13-14,17-19H2,1-3H3,(H,35,38)/b8-4+. The number of halogens is 1. The highest BCUT2D eigenvalue weighted by molar-refractivity contribution is 7.98. The molecular formula is C33H41ClN2O3S. The van der Waals surface area contributed by atoms with Crippen molar-refractivity contribution in [1.29, 1.82) is 0 Å². The molecule has 1 saturated carbocycles.